The first-order valence-electron chi connectivity index (χ1n) is 8.97. The van der Waals surface area contributed by atoms with Crippen LogP contribution in [0.5, 0.6) is 0 Å². The topological polar surface area (TPSA) is 66.5 Å². The molecule has 1 amide bonds. The molecule has 152 valence electrons. The molecule has 2 aromatic carbocycles. The van der Waals surface area contributed by atoms with Crippen LogP contribution in [0.4, 0.5) is 11.4 Å². The summed E-state index contributed by atoms with van der Waals surface area (Å²) in [6, 6.07) is 13.9. The lowest BCUT2D eigenvalue weighted by Gasteiger charge is -2.20. The minimum atomic E-state index is -3.89. The number of rotatable bonds is 6. The Balaban J connectivity index is 1.88. The van der Waals surface area contributed by atoms with Crippen molar-refractivity contribution in [1.29, 1.82) is 0 Å². The van der Waals surface area contributed by atoms with E-state index >= 15 is 0 Å². The standard InChI is InChI=1S/C21H21ClN2O3S2/c1-4-15-6-9-17(10-7-15)24(3)29(26,27)19-11-12-28-20(19)21(25)23-16-8-5-14(2)18(22)13-16/h5-13H,4H2,1-3H3,(H,23,25). The zero-order valence-electron chi connectivity index (χ0n) is 16.3. The molecular formula is C21H21ClN2O3S2. The van der Waals surface area contributed by atoms with E-state index in [1.165, 1.54) is 17.4 Å². The summed E-state index contributed by atoms with van der Waals surface area (Å²) in [5.74, 6) is -0.492. The lowest BCUT2D eigenvalue weighted by molar-refractivity contribution is 0.102. The molecular weight excluding hydrogens is 428 g/mol. The number of aryl methyl sites for hydroxylation is 2. The molecule has 3 rings (SSSR count). The van der Waals surface area contributed by atoms with Crippen LogP contribution in [0.3, 0.4) is 0 Å². The highest BCUT2D eigenvalue weighted by Gasteiger charge is 2.28. The minimum absolute atomic E-state index is 0.0275. The predicted molar refractivity (Wildman–Crippen MR) is 120 cm³/mol. The quantitative estimate of drug-likeness (QED) is 0.552. The number of halogens is 1. The van der Waals surface area contributed by atoms with Gasteiger partial charge in [0, 0.05) is 17.8 Å². The Morgan fingerprint density at radius 3 is 2.45 bits per heavy atom. The molecule has 0 radical (unpaired) electrons. The number of anilines is 2. The Morgan fingerprint density at radius 1 is 1.14 bits per heavy atom. The number of sulfonamides is 1. The highest BCUT2D eigenvalue weighted by molar-refractivity contribution is 7.93. The first-order chi connectivity index (χ1) is 13.7. The van der Waals surface area contributed by atoms with E-state index < -0.39 is 15.9 Å². The van der Waals surface area contributed by atoms with Gasteiger partial charge in [-0.3, -0.25) is 9.10 Å². The van der Waals surface area contributed by atoms with Gasteiger partial charge >= 0.3 is 0 Å². The number of carbonyl (C=O) groups excluding carboxylic acids is 1. The molecule has 1 heterocycles. The third-order valence-electron chi connectivity index (χ3n) is 4.61. The maximum atomic E-state index is 13.2. The molecule has 0 saturated heterocycles. The average Bonchev–Trinajstić information content (AvgIpc) is 3.21. The Kier molecular flexibility index (Phi) is 6.31. The maximum Gasteiger partial charge on any atom is 0.267 e. The molecule has 29 heavy (non-hydrogen) atoms. The molecule has 8 heteroatoms. The number of nitrogens with zero attached hydrogens (tertiary/aromatic N) is 1. The number of hydrogen-bond donors (Lipinski definition) is 1. The smallest absolute Gasteiger partial charge is 0.267 e. The number of carbonyl (C=O) groups is 1. The fourth-order valence-corrected chi connectivity index (χ4v) is 5.42. The summed E-state index contributed by atoms with van der Waals surface area (Å²) < 4.78 is 27.5. The van der Waals surface area contributed by atoms with Crippen molar-refractivity contribution in [3.8, 4) is 0 Å². The summed E-state index contributed by atoms with van der Waals surface area (Å²) in [5, 5.41) is 4.84. The van der Waals surface area contributed by atoms with Crippen molar-refractivity contribution in [3.05, 3.63) is 74.9 Å². The maximum absolute atomic E-state index is 13.2. The van der Waals surface area contributed by atoms with E-state index in [-0.39, 0.29) is 9.77 Å². The number of nitrogens with one attached hydrogen (secondary N) is 1. The van der Waals surface area contributed by atoms with Crippen LogP contribution >= 0.6 is 22.9 Å². The molecule has 5 nitrogen and oxygen atoms in total. The minimum Gasteiger partial charge on any atom is -0.321 e. The van der Waals surface area contributed by atoms with Gasteiger partial charge < -0.3 is 5.32 Å². The molecule has 0 aliphatic rings. The largest absolute Gasteiger partial charge is 0.321 e. The fraction of sp³-hybridized carbons (Fsp3) is 0.190. The fourth-order valence-electron chi connectivity index (χ4n) is 2.75. The van der Waals surface area contributed by atoms with Gasteiger partial charge in [0.25, 0.3) is 15.9 Å². The van der Waals surface area contributed by atoms with Crippen LogP contribution in [-0.2, 0) is 16.4 Å². The van der Waals surface area contributed by atoms with Crippen molar-refractivity contribution >= 4 is 50.2 Å². The Bertz CT molecular complexity index is 1140. The van der Waals surface area contributed by atoms with Crippen LogP contribution in [0.25, 0.3) is 0 Å². The summed E-state index contributed by atoms with van der Waals surface area (Å²) in [6.45, 7) is 3.90. The van der Waals surface area contributed by atoms with E-state index in [1.54, 1.807) is 35.7 Å². The van der Waals surface area contributed by atoms with Crippen LogP contribution < -0.4 is 9.62 Å². The Labute approximate surface area is 180 Å². The third kappa shape index (κ3) is 4.47. The van der Waals surface area contributed by atoms with Crippen LogP contribution in [-0.4, -0.2) is 21.4 Å². The zero-order chi connectivity index (χ0) is 21.2. The van der Waals surface area contributed by atoms with Gasteiger partial charge in [-0.15, -0.1) is 11.3 Å². The van der Waals surface area contributed by atoms with E-state index in [0.717, 1.165) is 28.9 Å². The third-order valence-corrected chi connectivity index (χ3v) is 7.89. The normalized spacial score (nSPS) is 11.3. The van der Waals surface area contributed by atoms with Crippen LogP contribution in [0.2, 0.25) is 5.02 Å². The molecule has 1 aromatic heterocycles. The summed E-state index contributed by atoms with van der Waals surface area (Å²) in [5.41, 5.74) is 3.04. The van der Waals surface area contributed by atoms with Crippen LogP contribution in [0.1, 0.15) is 27.7 Å². The second-order valence-corrected chi connectivity index (χ2v) is 9.79. The molecule has 0 fully saturated rings. The van der Waals surface area contributed by atoms with Crippen molar-refractivity contribution in [2.75, 3.05) is 16.7 Å². The number of thiophene rings is 1. The van der Waals surface area contributed by atoms with Gasteiger partial charge in [0.1, 0.15) is 9.77 Å². The highest BCUT2D eigenvalue weighted by Crippen LogP contribution is 2.29. The van der Waals surface area contributed by atoms with Crippen LogP contribution in [0, 0.1) is 6.92 Å². The zero-order valence-corrected chi connectivity index (χ0v) is 18.7. The Hall–Kier alpha value is -2.35. The molecule has 3 aromatic rings. The van der Waals surface area contributed by atoms with Gasteiger partial charge in [0.2, 0.25) is 0 Å². The first kappa shape index (κ1) is 21.4. The molecule has 0 aliphatic carbocycles. The van der Waals surface area contributed by atoms with E-state index in [4.69, 9.17) is 11.6 Å². The van der Waals surface area contributed by atoms with Gasteiger partial charge in [0.05, 0.1) is 5.69 Å². The number of hydrogen-bond acceptors (Lipinski definition) is 4. The molecule has 0 spiro atoms. The molecule has 0 atom stereocenters. The van der Waals surface area contributed by atoms with E-state index in [9.17, 15) is 13.2 Å². The average molecular weight is 449 g/mol. The number of benzene rings is 2. The van der Waals surface area contributed by atoms with Crippen LogP contribution in [0.15, 0.2) is 58.8 Å². The molecule has 0 aliphatic heterocycles. The lowest BCUT2D eigenvalue weighted by atomic mass is 10.1. The van der Waals surface area contributed by atoms with Crippen molar-refractivity contribution in [2.45, 2.75) is 25.2 Å². The van der Waals surface area contributed by atoms with Crippen molar-refractivity contribution in [2.24, 2.45) is 0 Å². The van der Waals surface area contributed by atoms with E-state index in [1.807, 2.05) is 26.0 Å². The summed E-state index contributed by atoms with van der Waals surface area (Å²) in [4.78, 5) is 12.9. The van der Waals surface area contributed by atoms with Gasteiger partial charge in [-0.25, -0.2) is 8.42 Å². The first-order valence-corrected chi connectivity index (χ1v) is 11.7. The summed E-state index contributed by atoms with van der Waals surface area (Å²) in [6.07, 6.45) is 0.870. The van der Waals surface area contributed by atoms with Gasteiger partial charge in [-0.05, 0) is 60.2 Å². The second kappa shape index (κ2) is 8.57. The predicted octanol–water partition coefficient (Wildman–Crippen LogP) is 5.35. The molecule has 0 unspecified atom stereocenters. The number of amides is 1. The highest BCUT2D eigenvalue weighted by atomic mass is 35.5. The van der Waals surface area contributed by atoms with Crippen molar-refractivity contribution < 1.29 is 13.2 Å². The van der Waals surface area contributed by atoms with E-state index in [2.05, 4.69) is 5.32 Å². The monoisotopic (exact) mass is 448 g/mol. The Morgan fingerprint density at radius 2 is 1.83 bits per heavy atom. The van der Waals surface area contributed by atoms with Gasteiger partial charge in [0.15, 0.2) is 0 Å². The lowest BCUT2D eigenvalue weighted by Crippen LogP contribution is -2.28. The van der Waals surface area contributed by atoms with Crippen molar-refractivity contribution in [1.82, 2.24) is 0 Å². The molecule has 1 N–H and O–H groups in total. The van der Waals surface area contributed by atoms with Crippen molar-refractivity contribution in [3.63, 3.8) is 0 Å². The molecule has 0 saturated carbocycles. The summed E-state index contributed by atoms with van der Waals surface area (Å²) in [7, 11) is -2.41. The molecule has 0 bridgehead atoms. The summed E-state index contributed by atoms with van der Waals surface area (Å²) >= 11 is 7.18. The SMILES string of the molecule is CCc1ccc(N(C)S(=O)(=O)c2ccsc2C(=O)Nc2ccc(C)c(Cl)c2)cc1. The second-order valence-electron chi connectivity index (χ2n) is 6.52. The van der Waals surface area contributed by atoms with Gasteiger partial charge in [-0.2, -0.15) is 0 Å². The van der Waals surface area contributed by atoms with E-state index in [0.29, 0.717) is 16.4 Å². The van der Waals surface area contributed by atoms with Gasteiger partial charge in [-0.1, -0.05) is 36.7 Å².